The Morgan fingerprint density at radius 1 is 0.889 bits per heavy atom. The van der Waals surface area contributed by atoms with Crippen molar-refractivity contribution in [2.24, 2.45) is 0 Å². The fourth-order valence-electron chi connectivity index (χ4n) is 3.02. The first kappa shape index (κ1) is 37.9. The second-order valence-electron chi connectivity index (χ2n) is 6.82. The third-order valence-corrected chi connectivity index (χ3v) is 4.80. The average molecular weight is 522 g/mol. The highest BCUT2D eigenvalue weighted by molar-refractivity contribution is 7.80. The normalized spacial score (nSPS) is 9.75. The number of benzene rings is 2. The van der Waals surface area contributed by atoms with E-state index in [-0.39, 0.29) is 11.7 Å². The van der Waals surface area contributed by atoms with E-state index in [2.05, 4.69) is 5.32 Å². The van der Waals surface area contributed by atoms with Gasteiger partial charge in [-0.2, -0.15) is 0 Å². The van der Waals surface area contributed by atoms with Crippen molar-refractivity contribution in [3.8, 4) is 11.5 Å². The van der Waals surface area contributed by atoms with Crippen LogP contribution in [0.4, 0.5) is 0 Å². The number of carbonyl (C=O) groups is 1. The lowest BCUT2D eigenvalue weighted by atomic mass is 10.0. The van der Waals surface area contributed by atoms with Gasteiger partial charge >= 0.3 is 5.97 Å². The van der Waals surface area contributed by atoms with Gasteiger partial charge in [0.15, 0.2) is 0 Å². The van der Waals surface area contributed by atoms with Crippen LogP contribution in [0.15, 0.2) is 36.4 Å². The van der Waals surface area contributed by atoms with Crippen molar-refractivity contribution in [1.29, 1.82) is 0 Å². The molecule has 0 amide bonds. The van der Waals surface area contributed by atoms with Crippen LogP contribution in [-0.2, 0) is 22.4 Å². The van der Waals surface area contributed by atoms with Crippen molar-refractivity contribution in [3.63, 3.8) is 0 Å². The summed E-state index contributed by atoms with van der Waals surface area (Å²) in [5.74, 6) is 0.148. The van der Waals surface area contributed by atoms with E-state index in [1.807, 2.05) is 81.4 Å². The van der Waals surface area contributed by atoms with Crippen LogP contribution >= 0.6 is 12.2 Å². The second-order valence-corrected chi connectivity index (χ2v) is 7.31. The van der Waals surface area contributed by atoms with Crippen molar-refractivity contribution in [2.45, 2.75) is 101 Å². The van der Waals surface area contributed by atoms with Crippen LogP contribution in [0.25, 0.3) is 0 Å². The Hall–Kier alpha value is -2.60. The van der Waals surface area contributed by atoms with Gasteiger partial charge in [-0.3, -0.25) is 0 Å². The Bertz CT molecular complexity index is 812. The number of thiocarbonyl (C=S) groups is 1. The molecule has 3 N–H and O–H groups in total. The Morgan fingerprint density at radius 3 is 1.81 bits per heavy atom. The number of carbonyl (C=O) groups excluding carboxylic acids is 1. The molecule has 5 nitrogen and oxygen atoms in total. The van der Waals surface area contributed by atoms with Crippen LogP contribution in [0, 0.1) is 13.8 Å². The number of rotatable bonds is 8. The van der Waals surface area contributed by atoms with Crippen molar-refractivity contribution >= 4 is 23.2 Å². The predicted octanol–water partition coefficient (Wildman–Crippen LogP) is 7.84. The molecule has 36 heavy (non-hydrogen) atoms. The predicted molar refractivity (Wildman–Crippen MR) is 159 cm³/mol. The summed E-state index contributed by atoms with van der Waals surface area (Å²) in [6.45, 7) is 21.8. The summed E-state index contributed by atoms with van der Waals surface area (Å²) in [6.07, 6.45) is 1.71. The molecule has 0 aromatic heterocycles. The molecule has 0 saturated carbocycles. The molecule has 0 spiro atoms. The van der Waals surface area contributed by atoms with E-state index in [1.165, 1.54) is 0 Å². The summed E-state index contributed by atoms with van der Waals surface area (Å²) in [4.78, 5) is 12.9. The number of ether oxygens (including phenoxy) is 1. The Kier molecular flexibility index (Phi) is 25.4. The first-order valence-corrected chi connectivity index (χ1v) is 13.7. The summed E-state index contributed by atoms with van der Waals surface area (Å²) in [5, 5.41) is 22.4. The van der Waals surface area contributed by atoms with Gasteiger partial charge in [-0.25, -0.2) is 4.79 Å². The fourth-order valence-corrected chi connectivity index (χ4v) is 3.26. The molecule has 1 atom stereocenters. The lowest BCUT2D eigenvalue weighted by Gasteiger charge is -2.19. The lowest BCUT2D eigenvalue weighted by molar-refractivity contribution is -0.145. The SMILES string of the molecule is CC.CC.CC.CC.CCOC(=O)C(Cc1ccc(O)cc1)NC(=S)CCc1cc(C)c(O)c(C)c1. The number of hydrogen-bond donors (Lipinski definition) is 3. The van der Waals surface area contributed by atoms with Crippen LogP contribution in [0.1, 0.15) is 91.0 Å². The van der Waals surface area contributed by atoms with Crippen LogP contribution < -0.4 is 5.32 Å². The highest BCUT2D eigenvalue weighted by atomic mass is 32.1. The van der Waals surface area contributed by atoms with Crippen molar-refractivity contribution in [2.75, 3.05) is 6.61 Å². The zero-order chi connectivity index (χ0) is 28.7. The number of hydrogen-bond acceptors (Lipinski definition) is 5. The number of aryl methyl sites for hydroxylation is 3. The Morgan fingerprint density at radius 2 is 1.36 bits per heavy atom. The first-order valence-electron chi connectivity index (χ1n) is 13.3. The molecule has 2 rings (SSSR count). The third-order valence-electron chi connectivity index (χ3n) is 4.47. The summed E-state index contributed by atoms with van der Waals surface area (Å²) >= 11 is 5.45. The van der Waals surface area contributed by atoms with Crippen molar-refractivity contribution < 1.29 is 19.7 Å². The van der Waals surface area contributed by atoms with Crippen LogP contribution in [-0.4, -0.2) is 33.8 Å². The van der Waals surface area contributed by atoms with E-state index < -0.39 is 6.04 Å². The number of phenolic OH excluding ortho intramolecular Hbond substituents is 2. The maximum Gasteiger partial charge on any atom is 0.328 e. The Labute approximate surface area is 226 Å². The number of nitrogens with one attached hydrogen (secondary N) is 1. The molecular formula is C30H51NO4S. The highest BCUT2D eigenvalue weighted by Gasteiger charge is 2.21. The second kappa shape index (κ2) is 24.1. The smallest absolute Gasteiger partial charge is 0.328 e. The molecule has 6 heteroatoms. The molecule has 0 radical (unpaired) electrons. The molecular weight excluding hydrogens is 470 g/mol. The molecule has 0 bridgehead atoms. The fraction of sp³-hybridized carbons (Fsp3) is 0.533. The molecule has 0 aliphatic rings. The summed E-state index contributed by atoms with van der Waals surface area (Å²) in [6, 6.07) is 10.0. The van der Waals surface area contributed by atoms with Gasteiger partial charge in [0.25, 0.3) is 0 Å². The van der Waals surface area contributed by atoms with Gasteiger partial charge in [0.1, 0.15) is 17.5 Å². The molecule has 0 aliphatic carbocycles. The van der Waals surface area contributed by atoms with Gasteiger partial charge in [0.2, 0.25) is 0 Å². The number of aromatic hydroxyl groups is 2. The minimum Gasteiger partial charge on any atom is -0.508 e. The van der Waals surface area contributed by atoms with Gasteiger partial charge in [-0.1, -0.05) is 91.9 Å². The van der Waals surface area contributed by atoms with Gasteiger partial charge in [0, 0.05) is 12.8 Å². The van der Waals surface area contributed by atoms with Crippen LogP contribution in [0.2, 0.25) is 0 Å². The quantitative estimate of drug-likeness (QED) is 0.242. The monoisotopic (exact) mass is 521 g/mol. The van der Waals surface area contributed by atoms with Crippen LogP contribution in [0.5, 0.6) is 11.5 Å². The van der Waals surface area contributed by atoms with Gasteiger partial charge in [-0.05, 0) is 61.6 Å². The maximum atomic E-state index is 12.3. The minimum atomic E-state index is -0.583. The van der Waals surface area contributed by atoms with Gasteiger partial charge < -0.3 is 20.3 Å². The molecule has 0 heterocycles. The van der Waals surface area contributed by atoms with Gasteiger partial charge in [0.05, 0.1) is 11.6 Å². The number of esters is 1. The van der Waals surface area contributed by atoms with E-state index in [1.54, 1.807) is 31.2 Å². The topological polar surface area (TPSA) is 78.8 Å². The van der Waals surface area contributed by atoms with E-state index in [9.17, 15) is 15.0 Å². The van der Waals surface area contributed by atoms with E-state index in [0.29, 0.717) is 36.6 Å². The van der Waals surface area contributed by atoms with Gasteiger partial charge in [-0.15, -0.1) is 0 Å². The Balaban J connectivity index is -0.00000124. The third kappa shape index (κ3) is 15.4. The average Bonchev–Trinajstić information content (AvgIpc) is 2.91. The molecule has 2 aromatic carbocycles. The summed E-state index contributed by atoms with van der Waals surface area (Å²) in [7, 11) is 0. The molecule has 0 fully saturated rings. The minimum absolute atomic E-state index is 0.180. The van der Waals surface area contributed by atoms with E-state index >= 15 is 0 Å². The van der Waals surface area contributed by atoms with Crippen molar-refractivity contribution in [1.82, 2.24) is 5.32 Å². The number of phenols is 2. The first-order chi connectivity index (χ1) is 17.3. The molecule has 206 valence electrons. The molecule has 0 aliphatic heterocycles. The summed E-state index contributed by atoms with van der Waals surface area (Å²) < 4.78 is 5.17. The summed E-state index contributed by atoms with van der Waals surface area (Å²) in [5.41, 5.74) is 3.66. The standard InChI is InChI=1S/C22H27NO4S.4C2H6/c1-4-27-22(26)19(13-16-5-8-18(24)9-6-16)23-20(28)10-7-17-11-14(2)21(25)15(3)12-17;4*1-2/h5-6,8-9,11-12,19,24-25H,4,7,10,13H2,1-3H3,(H,23,28);4*1-2H3. The van der Waals surface area contributed by atoms with E-state index in [0.717, 1.165) is 22.3 Å². The highest BCUT2D eigenvalue weighted by Crippen LogP contribution is 2.23. The molecule has 2 aromatic rings. The van der Waals surface area contributed by atoms with E-state index in [4.69, 9.17) is 17.0 Å². The maximum absolute atomic E-state index is 12.3. The molecule has 0 saturated heterocycles. The largest absolute Gasteiger partial charge is 0.508 e. The lowest BCUT2D eigenvalue weighted by Crippen LogP contribution is -2.42. The zero-order valence-corrected chi connectivity index (χ0v) is 25.3. The molecule has 1 unspecified atom stereocenters. The van der Waals surface area contributed by atoms with Crippen molar-refractivity contribution in [3.05, 3.63) is 58.7 Å². The van der Waals surface area contributed by atoms with Crippen LogP contribution in [0.3, 0.4) is 0 Å². The zero-order valence-electron chi connectivity index (χ0n) is 24.5.